The second-order valence-corrected chi connectivity index (χ2v) is 8.63. The summed E-state index contributed by atoms with van der Waals surface area (Å²) in [6.45, 7) is 0. The first-order chi connectivity index (χ1) is 14.9. The van der Waals surface area contributed by atoms with Crippen molar-refractivity contribution < 1.29 is 14.6 Å². The van der Waals surface area contributed by atoms with Crippen LogP contribution in [0.2, 0.25) is 15.1 Å². The molecule has 0 amide bonds. The van der Waals surface area contributed by atoms with E-state index in [-0.39, 0.29) is 5.56 Å². The number of nitrogens with zero attached hydrogens (tertiary/aromatic N) is 1. The lowest BCUT2D eigenvalue weighted by Crippen LogP contribution is -2.01. The molecule has 1 aromatic heterocycles. The smallest absolute Gasteiger partial charge is 0.336 e. The highest BCUT2D eigenvalue weighted by Gasteiger charge is 2.20. The number of carboxylic acids is 1. The summed E-state index contributed by atoms with van der Waals surface area (Å²) in [5.74, 6) is -0.570. The highest BCUT2D eigenvalue weighted by molar-refractivity contribution is 7.13. The fourth-order valence-electron chi connectivity index (χ4n) is 3.20. The maximum atomic E-state index is 12.1. The van der Waals surface area contributed by atoms with Gasteiger partial charge in [0, 0.05) is 27.6 Å². The number of carboxylic acid groups (broad SMARTS) is 1. The molecule has 0 radical (unpaired) electrons. The van der Waals surface area contributed by atoms with E-state index in [0.717, 1.165) is 11.3 Å². The molecule has 0 saturated carbocycles. The Bertz CT molecular complexity index is 1300. The van der Waals surface area contributed by atoms with Gasteiger partial charge in [0.1, 0.15) is 10.8 Å². The molecule has 1 heterocycles. The van der Waals surface area contributed by atoms with Gasteiger partial charge in [0.25, 0.3) is 0 Å². The fourth-order valence-corrected chi connectivity index (χ4v) is 4.59. The number of thiazole rings is 1. The Morgan fingerprint density at radius 2 is 1.74 bits per heavy atom. The Labute approximate surface area is 197 Å². The molecule has 0 aliphatic rings. The van der Waals surface area contributed by atoms with Crippen LogP contribution >= 0.6 is 46.1 Å². The van der Waals surface area contributed by atoms with Crippen molar-refractivity contribution >= 4 is 52.1 Å². The molecule has 0 aliphatic carbocycles. The van der Waals surface area contributed by atoms with E-state index < -0.39 is 5.97 Å². The summed E-state index contributed by atoms with van der Waals surface area (Å²) in [6, 6.07) is 15.6. The quantitative estimate of drug-likeness (QED) is 0.310. The highest BCUT2D eigenvalue weighted by Crippen LogP contribution is 2.40. The Morgan fingerprint density at radius 3 is 2.45 bits per heavy atom. The molecule has 4 nitrogen and oxygen atoms in total. The van der Waals surface area contributed by atoms with E-state index in [2.05, 4.69) is 4.98 Å². The molecular formula is C23H14Cl3NO3S. The van der Waals surface area contributed by atoms with Crippen LogP contribution in [-0.2, 0) is 0 Å². The molecule has 0 bridgehead atoms. The normalized spacial score (nSPS) is 10.8. The fraction of sp³-hybridized carbons (Fsp3) is 0.0435. The standard InChI is InChI=1S/C23H14Cl3NO3S/c1-30-20-4-2-3-17(25)21(20)14-7-5-13(9-15(14)23(28)29)22-27-19(11-31-22)12-6-8-16(24)18(26)10-12/h2-11H,1H3,(H,28,29). The lowest BCUT2D eigenvalue weighted by atomic mass is 9.96. The average molecular weight is 491 g/mol. The lowest BCUT2D eigenvalue weighted by molar-refractivity contribution is 0.0698. The van der Waals surface area contributed by atoms with Gasteiger partial charge in [-0.15, -0.1) is 11.3 Å². The van der Waals surface area contributed by atoms with Crippen LogP contribution in [0.4, 0.5) is 0 Å². The van der Waals surface area contributed by atoms with Crippen LogP contribution in [0.5, 0.6) is 5.75 Å². The summed E-state index contributed by atoms with van der Waals surface area (Å²) >= 11 is 19.9. The molecule has 4 aromatic rings. The number of aromatic carboxylic acids is 1. The van der Waals surface area contributed by atoms with Gasteiger partial charge in [0.05, 0.1) is 33.4 Å². The van der Waals surface area contributed by atoms with Crippen LogP contribution in [0.25, 0.3) is 33.0 Å². The topological polar surface area (TPSA) is 59.4 Å². The number of halogens is 3. The second kappa shape index (κ2) is 8.89. The first-order valence-corrected chi connectivity index (χ1v) is 11.0. The zero-order valence-electron chi connectivity index (χ0n) is 16.0. The molecule has 8 heteroatoms. The Kier molecular flexibility index (Phi) is 6.21. The molecule has 0 unspecified atom stereocenters. The molecule has 1 N–H and O–H groups in total. The first-order valence-electron chi connectivity index (χ1n) is 9.00. The third kappa shape index (κ3) is 4.27. The largest absolute Gasteiger partial charge is 0.496 e. The summed E-state index contributed by atoms with van der Waals surface area (Å²) in [5, 5.41) is 13.8. The number of hydrogen-bond donors (Lipinski definition) is 1. The predicted molar refractivity (Wildman–Crippen MR) is 127 cm³/mol. The summed E-state index contributed by atoms with van der Waals surface area (Å²) in [6.07, 6.45) is 0. The molecule has 4 rings (SSSR count). The monoisotopic (exact) mass is 489 g/mol. The number of hydrogen-bond acceptors (Lipinski definition) is 4. The Morgan fingerprint density at radius 1 is 0.968 bits per heavy atom. The van der Waals surface area contributed by atoms with Crippen molar-refractivity contribution in [3.05, 3.63) is 80.6 Å². The van der Waals surface area contributed by atoms with Gasteiger partial charge in [0.15, 0.2) is 0 Å². The van der Waals surface area contributed by atoms with Crippen LogP contribution < -0.4 is 4.74 Å². The van der Waals surface area contributed by atoms with E-state index in [1.807, 2.05) is 17.5 Å². The van der Waals surface area contributed by atoms with Crippen molar-refractivity contribution in [2.75, 3.05) is 7.11 Å². The number of rotatable bonds is 5. The van der Waals surface area contributed by atoms with E-state index >= 15 is 0 Å². The number of aromatic nitrogens is 1. The number of benzene rings is 3. The summed E-state index contributed by atoms with van der Waals surface area (Å²) in [4.78, 5) is 16.7. The van der Waals surface area contributed by atoms with Crippen LogP contribution in [-0.4, -0.2) is 23.2 Å². The van der Waals surface area contributed by atoms with Crippen molar-refractivity contribution in [3.63, 3.8) is 0 Å². The van der Waals surface area contributed by atoms with Gasteiger partial charge < -0.3 is 9.84 Å². The average Bonchev–Trinajstić information content (AvgIpc) is 3.25. The third-order valence-electron chi connectivity index (χ3n) is 4.68. The van der Waals surface area contributed by atoms with E-state index in [9.17, 15) is 9.90 Å². The van der Waals surface area contributed by atoms with E-state index in [4.69, 9.17) is 39.5 Å². The number of ether oxygens (including phenoxy) is 1. The van der Waals surface area contributed by atoms with Gasteiger partial charge in [-0.05, 0) is 30.3 Å². The summed E-state index contributed by atoms with van der Waals surface area (Å²) in [7, 11) is 1.52. The van der Waals surface area contributed by atoms with Crippen LogP contribution in [0.15, 0.2) is 60.0 Å². The molecule has 31 heavy (non-hydrogen) atoms. The van der Waals surface area contributed by atoms with Gasteiger partial charge >= 0.3 is 5.97 Å². The lowest BCUT2D eigenvalue weighted by Gasteiger charge is -2.13. The number of methoxy groups -OCH3 is 1. The Hall–Kier alpha value is -2.57. The molecule has 0 atom stereocenters. The maximum absolute atomic E-state index is 12.1. The molecule has 0 aliphatic heterocycles. The minimum absolute atomic E-state index is 0.107. The van der Waals surface area contributed by atoms with Crippen molar-refractivity contribution in [3.8, 4) is 38.7 Å². The van der Waals surface area contributed by atoms with Crippen LogP contribution in [0, 0.1) is 0 Å². The van der Waals surface area contributed by atoms with Gasteiger partial charge in [-0.2, -0.15) is 0 Å². The van der Waals surface area contributed by atoms with Gasteiger partial charge in [-0.25, -0.2) is 9.78 Å². The molecule has 3 aromatic carbocycles. The second-order valence-electron chi connectivity index (χ2n) is 6.55. The molecule has 0 spiro atoms. The summed E-state index contributed by atoms with van der Waals surface area (Å²) < 4.78 is 5.39. The molecule has 0 fully saturated rings. The van der Waals surface area contributed by atoms with E-state index in [0.29, 0.717) is 42.5 Å². The van der Waals surface area contributed by atoms with Crippen molar-refractivity contribution in [2.24, 2.45) is 0 Å². The minimum Gasteiger partial charge on any atom is -0.496 e. The SMILES string of the molecule is COc1cccc(Cl)c1-c1ccc(-c2nc(-c3ccc(Cl)c(Cl)c3)cs2)cc1C(=O)O. The van der Waals surface area contributed by atoms with Crippen LogP contribution in [0.1, 0.15) is 10.4 Å². The van der Waals surface area contributed by atoms with Gasteiger partial charge in [-0.1, -0.05) is 59.1 Å². The third-order valence-corrected chi connectivity index (χ3v) is 6.63. The highest BCUT2D eigenvalue weighted by atomic mass is 35.5. The first kappa shape index (κ1) is 21.7. The predicted octanol–water partition coefficient (Wildman–Crippen LogP) is 7.81. The van der Waals surface area contributed by atoms with E-state index in [1.54, 1.807) is 42.5 Å². The zero-order chi connectivity index (χ0) is 22.1. The van der Waals surface area contributed by atoms with Gasteiger partial charge in [-0.3, -0.25) is 0 Å². The minimum atomic E-state index is -1.07. The van der Waals surface area contributed by atoms with Crippen LogP contribution in [0.3, 0.4) is 0 Å². The molecule has 0 saturated heterocycles. The van der Waals surface area contributed by atoms with Crippen molar-refractivity contribution in [2.45, 2.75) is 0 Å². The molecular weight excluding hydrogens is 477 g/mol. The van der Waals surface area contributed by atoms with E-state index in [1.165, 1.54) is 18.4 Å². The zero-order valence-corrected chi connectivity index (χ0v) is 19.1. The summed E-state index contributed by atoms with van der Waals surface area (Å²) in [5.41, 5.74) is 3.35. The van der Waals surface area contributed by atoms with Crippen molar-refractivity contribution in [1.29, 1.82) is 0 Å². The maximum Gasteiger partial charge on any atom is 0.336 e. The molecule has 156 valence electrons. The van der Waals surface area contributed by atoms with Gasteiger partial charge in [0.2, 0.25) is 0 Å². The van der Waals surface area contributed by atoms with Crippen molar-refractivity contribution in [1.82, 2.24) is 4.98 Å². The Balaban J connectivity index is 1.79. The number of carbonyl (C=O) groups is 1.